The third kappa shape index (κ3) is 1.49. The van der Waals surface area contributed by atoms with Gasteiger partial charge < -0.3 is 4.74 Å². The molecule has 0 fully saturated rings. The highest BCUT2D eigenvalue weighted by molar-refractivity contribution is 7.87. The van der Waals surface area contributed by atoms with E-state index in [9.17, 15) is 8.42 Å². The van der Waals surface area contributed by atoms with E-state index >= 15 is 0 Å². The first kappa shape index (κ1) is 9.48. The van der Waals surface area contributed by atoms with Crippen LogP contribution in [0.15, 0.2) is 29.2 Å². The fourth-order valence-corrected chi connectivity index (χ4v) is 2.59. The molecule has 1 aliphatic heterocycles. The summed E-state index contributed by atoms with van der Waals surface area (Å²) >= 11 is 0. The Morgan fingerprint density at radius 1 is 1.21 bits per heavy atom. The first-order valence-corrected chi connectivity index (χ1v) is 5.55. The zero-order chi connectivity index (χ0) is 10.4. The van der Waals surface area contributed by atoms with Crippen molar-refractivity contribution in [3.05, 3.63) is 24.3 Å². The Hall–Kier alpha value is -1.07. The largest absolute Gasteiger partial charge is 0.460 e. The summed E-state index contributed by atoms with van der Waals surface area (Å²) in [4.78, 5) is 0.0827. The Morgan fingerprint density at radius 2 is 1.86 bits per heavy atom. The summed E-state index contributed by atoms with van der Waals surface area (Å²) in [5, 5.41) is 0. The molecule has 0 saturated heterocycles. The summed E-state index contributed by atoms with van der Waals surface area (Å²) in [6.45, 7) is 3.11. The standard InChI is InChI=1S/C9H10O4S/c1-9(2)12-7-5-3-4-6-8(7)14(10,11)13-9/h3-6H,1-2H3. The monoisotopic (exact) mass is 214 g/mol. The molecule has 0 aromatic heterocycles. The van der Waals surface area contributed by atoms with Crippen molar-refractivity contribution in [1.82, 2.24) is 0 Å². The van der Waals surface area contributed by atoms with Gasteiger partial charge in [0.1, 0.15) is 10.6 Å². The Balaban J connectivity index is 2.65. The lowest BCUT2D eigenvalue weighted by molar-refractivity contribution is -0.0868. The van der Waals surface area contributed by atoms with Gasteiger partial charge in [-0.1, -0.05) is 12.1 Å². The molecule has 14 heavy (non-hydrogen) atoms. The van der Waals surface area contributed by atoms with Crippen LogP contribution in [0.2, 0.25) is 0 Å². The molecule has 0 N–H and O–H groups in total. The third-order valence-corrected chi connectivity index (χ3v) is 3.28. The molecule has 2 rings (SSSR count). The van der Waals surface area contributed by atoms with Gasteiger partial charge in [0.05, 0.1) is 0 Å². The third-order valence-electron chi connectivity index (χ3n) is 1.78. The maximum atomic E-state index is 11.6. The highest BCUT2D eigenvalue weighted by atomic mass is 32.2. The number of fused-ring (bicyclic) bond motifs is 1. The van der Waals surface area contributed by atoms with E-state index < -0.39 is 15.9 Å². The number of para-hydroxylation sites is 1. The van der Waals surface area contributed by atoms with Gasteiger partial charge in [-0.2, -0.15) is 8.42 Å². The van der Waals surface area contributed by atoms with E-state index in [1.165, 1.54) is 6.07 Å². The molecule has 0 amide bonds. The molecule has 1 aliphatic rings. The zero-order valence-electron chi connectivity index (χ0n) is 7.85. The van der Waals surface area contributed by atoms with Gasteiger partial charge in [0, 0.05) is 13.8 Å². The summed E-state index contributed by atoms with van der Waals surface area (Å²) in [5.41, 5.74) is 0. The fourth-order valence-electron chi connectivity index (χ4n) is 1.33. The van der Waals surface area contributed by atoms with E-state index in [2.05, 4.69) is 0 Å². The Labute approximate surface area is 82.6 Å². The van der Waals surface area contributed by atoms with Gasteiger partial charge >= 0.3 is 10.1 Å². The average molecular weight is 214 g/mol. The van der Waals surface area contributed by atoms with E-state index in [1.54, 1.807) is 32.0 Å². The minimum Gasteiger partial charge on any atom is -0.460 e. The van der Waals surface area contributed by atoms with Gasteiger partial charge in [0.25, 0.3) is 0 Å². The normalized spacial score (nSPS) is 22.1. The molecule has 0 aliphatic carbocycles. The average Bonchev–Trinajstić information content (AvgIpc) is 2.00. The highest BCUT2D eigenvalue weighted by Crippen LogP contribution is 2.35. The number of rotatable bonds is 0. The minimum absolute atomic E-state index is 0.0827. The quantitative estimate of drug-likeness (QED) is 0.614. The van der Waals surface area contributed by atoms with E-state index in [-0.39, 0.29) is 4.90 Å². The maximum absolute atomic E-state index is 11.6. The fraction of sp³-hybridized carbons (Fsp3) is 0.333. The van der Waals surface area contributed by atoms with Crippen molar-refractivity contribution in [3.63, 3.8) is 0 Å². The van der Waals surface area contributed by atoms with Crippen LogP contribution in [0.5, 0.6) is 5.75 Å². The maximum Gasteiger partial charge on any atom is 0.304 e. The summed E-state index contributed by atoms with van der Waals surface area (Å²) < 4.78 is 33.4. The van der Waals surface area contributed by atoms with Crippen molar-refractivity contribution >= 4 is 10.1 Å². The minimum atomic E-state index is -3.67. The van der Waals surface area contributed by atoms with Gasteiger partial charge in [-0.05, 0) is 12.1 Å². The van der Waals surface area contributed by atoms with Gasteiger partial charge in [-0.3, -0.25) is 0 Å². The van der Waals surface area contributed by atoms with Crippen molar-refractivity contribution in [3.8, 4) is 5.75 Å². The van der Waals surface area contributed by atoms with Crippen LogP contribution < -0.4 is 4.74 Å². The van der Waals surface area contributed by atoms with Crippen LogP contribution in [0.1, 0.15) is 13.8 Å². The molecule has 0 radical (unpaired) electrons. The highest BCUT2D eigenvalue weighted by Gasteiger charge is 2.37. The van der Waals surface area contributed by atoms with Crippen molar-refractivity contribution in [2.75, 3.05) is 0 Å². The van der Waals surface area contributed by atoms with Crippen molar-refractivity contribution in [1.29, 1.82) is 0 Å². The summed E-state index contributed by atoms with van der Waals surface area (Å²) in [6, 6.07) is 6.41. The van der Waals surface area contributed by atoms with Crippen molar-refractivity contribution < 1.29 is 17.3 Å². The molecule has 1 aromatic rings. The first-order valence-electron chi connectivity index (χ1n) is 4.14. The SMILES string of the molecule is CC1(C)Oc2ccccc2S(=O)(=O)O1. The van der Waals surface area contributed by atoms with Gasteiger partial charge in [-0.25, -0.2) is 4.18 Å². The molecule has 0 bridgehead atoms. The lowest BCUT2D eigenvalue weighted by Crippen LogP contribution is -2.38. The van der Waals surface area contributed by atoms with Crippen molar-refractivity contribution in [2.45, 2.75) is 24.5 Å². The molecule has 0 atom stereocenters. The van der Waals surface area contributed by atoms with Crippen LogP contribution in [0.25, 0.3) is 0 Å². The van der Waals surface area contributed by atoms with E-state index in [1.807, 2.05) is 0 Å². The topological polar surface area (TPSA) is 52.6 Å². The predicted molar refractivity (Wildman–Crippen MR) is 49.4 cm³/mol. The number of hydrogen-bond donors (Lipinski definition) is 0. The smallest absolute Gasteiger partial charge is 0.304 e. The van der Waals surface area contributed by atoms with Crippen LogP contribution in [-0.2, 0) is 14.3 Å². The van der Waals surface area contributed by atoms with E-state index in [4.69, 9.17) is 8.92 Å². The van der Waals surface area contributed by atoms with Gasteiger partial charge in [0.2, 0.25) is 5.79 Å². The lowest BCUT2D eigenvalue weighted by atomic mass is 10.3. The first-order chi connectivity index (χ1) is 6.41. The Bertz CT molecular complexity index is 461. The Kier molecular flexibility index (Phi) is 1.84. The van der Waals surface area contributed by atoms with Crippen LogP contribution in [0, 0.1) is 0 Å². The summed E-state index contributed by atoms with van der Waals surface area (Å²) in [7, 11) is -3.67. The lowest BCUT2D eigenvalue weighted by Gasteiger charge is -2.31. The predicted octanol–water partition coefficient (Wildman–Crippen LogP) is 1.52. The van der Waals surface area contributed by atoms with Crippen LogP contribution in [0.3, 0.4) is 0 Å². The van der Waals surface area contributed by atoms with Crippen LogP contribution in [-0.4, -0.2) is 14.2 Å². The van der Waals surface area contributed by atoms with Crippen LogP contribution in [0.4, 0.5) is 0 Å². The molecular formula is C9H10O4S. The second-order valence-corrected chi connectivity index (χ2v) is 5.00. The van der Waals surface area contributed by atoms with Crippen LogP contribution >= 0.6 is 0 Å². The number of ether oxygens (including phenoxy) is 1. The number of benzene rings is 1. The zero-order valence-corrected chi connectivity index (χ0v) is 8.67. The van der Waals surface area contributed by atoms with Gasteiger partial charge in [0.15, 0.2) is 0 Å². The molecule has 1 heterocycles. The van der Waals surface area contributed by atoms with Gasteiger partial charge in [-0.15, -0.1) is 0 Å². The summed E-state index contributed by atoms with van der Waals surface area (Å²) in [6.07, 6.45) is 0. The molecule has 0 saturated carbocycles. The van der Waals surface area contributed by atoms with Crippen molar-refractivity contribution in [2.24, 2.45) is 0 Å². The molecule has 1 aromatic carbocycles. The van der Waals surface area contributed by atoms with E-state index in [0.29, 0.717) is 5.75 Å². The molecular weight excluding hydrogens is 204 g/mol. The summed E-state index contributed by atoms with van der Waals surface area (Å²) in [5.74, 6) is -0.795. The molecule has 0 spiro atoms. The molecule has 0 unspecified atom stereocenters. The second kappa shape index (κ2) is 2.71. The van der Waals surface area contributed by atoms with E-state index in [0.717, 1.165) is 0 Å². The second-order valence-electron chi connectivity index (χ2n) is 3.49. The molecule has 5 heteroatoms. The molecule has 76 valence electrons. The number of hydrogen-bond acceptors (Lipinski definition) is 4. The Morgan fingerprint density at radius 3 is 2.57 bits per heavy atom. The molecule has 4 nitrogen and oxygen atoms in total.